The number of amides is 2. The van der Waals surface area contributed by atoms with Crippen molar-refractivity contribution in [2.75, 3.05) is 13.2 Å². The zero-order valence-corrected chi connectivity index (χ0v) is 23.0. The summed E-state index contributed by atoms with van der Waals surface area (Å²) >= 11 is 0. The monoisotopic (exact) mass is 514 g/mol. The van der Waals surface area contributed by atoms with Crippen LogP contribution in [0.25, 0.3) is 0 Å². The van der Waals surface area contributed by atoms with E-state index in [0.29, 0.717) is 12.8 Å². The van der Waals surface area contributed by atoms with Crippen molar-refractivity contribution in [3.05, 3.63) is 0 Å². The molecule has 0 saturated heterocycles. The van der Waals surface area contributed by atoms with Crippen molar-refractivity contribution in [2.24, 2.45) is 44.6 Å². The third-order valence-corrected chi connectivity index (χ3v) is 7.72. The van der Waals surface area contributed by atoms with Gasteiger partial charge in [-0.15, -0.1) is 0 Å². The average molecular weight is 515 g/mol. The number of rotatable bonds is 11. The molecule has 0 aromatic heterocycles. The summed E-state index contributed by atoms with van der Waals surface area (Å²) in [4.78, 5) is 24.2. The number of carbonyl (C=O) groups excluding carboxylic acids is 2. The lowest BCUT2D eigenvalue weighted by molar-refractivity contribution is -0.184. The van der Waals surface area contributed by atoms with Crippen LogP contribution >= 0.6 is 0 Å². The molecule has 36 heavy (non-hydrogen) atoms. The van der Waals surface area contributed by atoms with Gasteiger partial charge >= 0.3 is 0 Å². The first-order valence-electron chi connectivity index (χ1n) is 13.0. The first kappa shape index (κ1) is 30.9. The molecule has 8 atom stereocenters. The Bertz CT molecular complexity index is 792. The molecule has 2 amide bonds. The molecule has 0 aliphatic heterocycles. The lowest BCUT2D eigenvalue weighted by Gasteiger charge is -2.47. The van der Waals surface area contributed by atoms with Crippen molar-refractivity contribution < 1.29 is 29.3 Å². The van der Waals surface area contributed by atoms with Gasteiger partial charge in [-0.3, -0.25) is 9.59 Å². The molecule has 10 nitrogen and oxygen atoms in total. The predicted octanol–water partition coefficient (Wildman–Crippen LogP) is 0.537. The molecule has 2 rings (SSSR count). The second-order valence-electron chi connectivity index (χ2n) is 13.9. The van der Waals surface area contributed by atoms with E-state index in [1.807, 2.05) is 13.8 Å². The van der Waals surface area contributed by atoms with Crippen LogP contribution in [0.1, 0.15) is 80.1 Å². The molecule has 2 fully saturated rings. The Kier molecular flexibility index (Phi) is 9.63. The molecule has 10 N–H and O–H groups in total. The fraction of sp³-hybridized carbons (Fsp3) is 0.923. The summed E-state index contributed by atoms with van der Waals surface area (Å²) in [5.41, 5.74) is 22.8. The highest BCUT2D eigenvalue weighted by atomic mass is 16.6. The second-order valence-corrected chi connectivity index (χ2v) is 13.9. The van der Waals surface area contributed by atoms with Gasteiger partial charge in [-0.05, 0) is 60.2 Å². The maximum absolute atomic E-state index is 12.6. The summed E-state index contributed by atoms with van der Waals surface area (Å²) in [6, 6.07) is -0.0357. The van der Waals surface area contributed by atoms with E-state index in [1.54, 1.807) is 0 Å². The van der Waals surface area contributed by atoms with Crippen molar-refractivity contribution in [3.8, 4) is 0 Å². The molecule has 210 valence electrons. The van der Waals surface area contributed by atoms with Gasteiger partial charge in [-0.2, -0.15) is 0 Å². The molecular weight excluding hydrogens is 464 g/mol. The number of ether oxygens (including phenoxy) is 2. The highest BCUT2D eigenvalue weighted by Gasteiger charge is 2.46. The molecule has 0 bridgehead atoms. The number of hydrogen-bond donors (Lipinski definition) is 6. The summed E-state index contributed by atoms with van der Waals surface area (Å²) in [6.07, 6.45) is -1.83. The summed E-state index contributed by atoms with van der Waals surface area (Å²) in [5.74, 6) is -2.01. The second kappa shape index (κ2) is 11.2. The summed E-state index contributed by atoms with van der Waals surface area (Å²) in [7, 11) is 0. The minimum Gasteiger partial charge on any atom is -0.387 e. The highest BCUT2D eigenvalue weighted by molar-refractivity contribution is 5.81. The van der Waals surface area contributed by atoms with Crippen LogP contribution in [0.3, 0.4) is 0 Å². The largest absolute Gasteiger partial charge is 0.387 e. The van der Waals surface area contributed by atoms with E-state index < -0.39 is 36.2 Å². The van der Waals surface area contributed by atoms with Crippen LogP contribution in [-0.4, -0.2) is 71.7 Å². The number of carbonyl (C=O) groups is 2. The molecule has 10 heteroatoms. The van der Waals surface area contributed by atoms with Crippen LogP contribution in [0.4, 0.5) is 0 Å². The number of hydrogen-bond acceptors (Lipinski definition) is 8. The topological polar surface area (TPSA) is 197 Å². The minimum absolute atomic E-state index is 0.00326. The fourth-order valence-electron chi connectivity index (χ4n) is 7.29. The third kappa shape index (κ3) is 8.36. The SMILES string of the molecule is CC1(C)CC(N)CC(C)(CO[C@@H]([C@@H](O)[C@H](O)C(N)=O)[C@@H](OCC2(C)CC(N)CC(C)(C)C2)C(N)=O)C1. The van der Waals surface area contributed by atoms with Crippen molar-refractivity contribution >= 4 is 11.8 Å². The Morgan fingerprint density at radius 1 is 0.778 bits per heavy atom. The third-order valence-electron chi connectivity index (χ3n) is 7.72. The Labute approximate surface area is 215 Å². The summed E-state index contributed by atoms with van der Waals surface area (Å²) in [6.45, 7) is 12.9. The van der Waals surface area contributed by atoms with E-state index in [2.05, 4.69) is 27.7 Å². The fourth-order valence-corrected chi connectivity index (χ4v) is 7.29. The molecule has 2 aliphatic carbocycles. The van der Waals surface area contributed by atoms with Crippen LogP contribution in [0, 0.1) is 21.7 Å². The van der Waals surface area contributed by atoms with E-state index in [4.69, 9.17) is 32.4 Å². The van der Waals surface area contributed by atoms with Crippen molar-refractivity contribution in [1.82, 2.24) is 0 Å². The van der Waals surface area contributed by atoms with Gasteiger partial charge in [0, 0.05) is 12.1 Å². The Morgan fingerprint density at radius 2 is 1.19 bits per heavy atom. The van der Waals surface area contributed by atoms with Crippen molar-refractivity contribution in [1.29, 1.82) is 0 Å². The molecule has 2 saturated carbocycles. The lowest BCUT2D eigenvalue weighted by atomic mass is 9.63. The summed E-state index contributed by atoms with van der Waals surface area (Å²) < 4.78 is 12.1. The smallest absolute Gasteiger partial charge is 0.249 e. The zero-order chi connectivity index (χ0) is 27.7. The first-order chi connectivity index (χ1) is 16.3. The van der Waals surface area contributed by atoms with Gasteiger partial charge in [-0.1, -0.05) is 41.5 Å². The van der Waals surface area contributed by atoms with Gasteiger partial charge in [-0.25, -0.2) is 0 Å². The molecule has 0 aromatic rings. The molecule has 0 radical (unpaired) electrons. The molecule has 0 heterocycles. The quantitative estimate of drug-likeness (QED) is 0.229. The highest BCUT2D eigenvalue weighted by Crippen LogP contribution is 2.47. The molecular formula is C26H50N4O6. The van der Waals surface area contributed by atoms with Gasteiger partial charge in [0.2, 0.25) is 11.8 Å². The number of nitrogens with two attached hydrogens (primary N) is 4. The van der Waals surface area contributed by atoms with Crippen LogP contribution in [-0.2, 0) is 19.1 Å². The van der Waals surface area contributed by atoms with Gasteiger partial charge in [0.25, 0.3) is 0 Å². The lowest BCUT2D eigenvalue weighted by Crippen LogP contribution is -2.57. The Hall–Kier alpha value is -1.30. The van der Waals surface area contributed by atoms with E-state index in [0.717, 1.165) is 25.7 Å². The van der Waals surface area contributed by atoms with E-state index in [1.165, 1.54) is 0 Å². The van der Waals surface area contributed by atoms with Crippen LogP contribution in [0.5, 0.6) is 0 Å². The Morgan fingerprint density at radius 3 is 1.56 bits per heavy atom. The average Bonchev–Trinajstić information content (AvgIpc) is 2.64. The van der Waals surface area contributed by atoms with E-state index >= 15 is 0 Å². The predicted molar refractivity (Wildman–Crippen MR) is 137 cm³/mol. The van der Waals surface area contributed by atoms with Crippen molar-refractivity contribution in [2.45, 2.75) is 117 Å². The zero-order valence-electron chi connectivity index (χ0n) is 23.0. The maximum atomic E-state index is 12.6. The molecule has 2 aliphatic rings. The van der Waals surface area contributed by atoms with Crippen LogP contribution < -0.4 is 22.9 Å². The molecule has 0 spiro atoms. The van der Waals surface area contributed by atoms with Crippen molar-refractivity contribution in [3.63, 3.8) is 0 Å². The minimum atomic E-state index is -1.96. The number of primary amides is 2. The molecule has 4 unspecified atom stereocenters. The summed E-state index contributed by atoms with van der Waals surface area (Å²) in [5, 5.41) is 21.1. The number of aliphatic hydroxyl groups is 2. The van der Waals surface area contributed by atoms with Gasteiger partial charge in [0.1, 0.15) is 12.2 Å². The van der Waals surface area contributed by atoms with E-state index in [-0.39, 0.29) is 47.0 Å². The van der Waals surface area contributed by atoms with Crippen LogP contribution in [0.15, 0.2) is 0 Å². The maximum Gasteiger partial charge on any atom is 0.249 e. The van der Waals surface area contributed by atoms with Gasteiger partial charge in [0.05, 0.1) is 13.2 Å². The van der Waals surface area contributed by atoms with E-state index in [9.17, 15) is 19.8 Å². The standard InChI is InChI=1S/C26H50N4O6/c1-23(2)7-15(27)9-25(5,11-23)13-35-19(17(31)18(32)21(29)33)20(22(30)34)36-14-26(6)10-16(28)8-24(3,4)12-26/h15-20,31-32H,7-14,27-28H2,1-6H3,(H2,29,33)(H2,30,34)/t15?,16?,17-,18-,19-,20+,25?,26?/m0/s1. The van der Waals surface area contributed by atoms with Crippen LogP contribution in [0.2, 0.25) is 0 Å². The number of aliphatic hydroxyl groups excluding tert-OH is 2. The first-order valence-corrected chi connectivity index (χ1v) is 13.0. The normalized spacial score (nSPS) is 35.4. The Balaban J connectivity index is 2.26. The molecule has 0 aromatic carbocycles. The van der Waals surface area contributed by atoms with Gasteiger partial charge < -0.3 is 42.6 Å². The van der Waals surface area contributed by atoms with Gasteiger partial charge in [0.15, 0.2) is 12.2 Å².